The molecule has 0 amide bonds. The minimum atomic E-state index is -0.987. The maximum atomic E-state index is 11.0. The Kier molecular flexibility index (Phi) is 4.78. The Labute approximate surface area is 101 Å². The van der Waals surface area contributed by atoms with Gasteiger partial charge >= 0.3 is 5.97 Å². The largest absolute Gasteiger partial charge is 0.478 e. The third-order valence-electron chi connectivity index (χ3n) is 2.43. The molecule has 1 atom stereocenters. The second-order valence-corrected chi connectivity index (χ2v) is 3.94. The van der Waals surface area contributed by atoms with Crippen LogP contribution in [0.5, 0.6) is 0 Å². The van der Waals surface area contributed by atoms with Crippen molar-refractivity contribution < 1.29 is 14.6 Å². The number of nitrogen functional groups attached to an aromatic ring is 1. The fourth-order valence-corrected chi connectivity index (χ4v) is 1.50. The van der Waals surface area contributed by atoms with Crippen LogP contribution in [0.2, 0.25) is 0 Å². The van der Waals surface area contributed by atoms with E-state index in [1.54, 1.807) is 19.2 Å². The summed E-state index contributed by atoms with van der Waals surface area (Å²) >= 11 is 0. The van der Waals surface area contributed by atoms with Gasteiger partial charge in [0.25, 0.3) is 0 Å². The van der Waals surface area contributed by atoms with E-state index in [1.807, 2.05) is 6.92 Å². The fraction of sp³-hybridized carbons (Fsp3) is 0.417. The molecule has 1 aromatic carbocycles. The van der Waals surface area contributed by atoms with Gasteiger partial charge in [0.1, 0.15) is 0 Å². The van der Waals surface area contributed by atoms with Gasteiger partial charge < -0.3 is 20.9 Å². The molecule has 1 rings (SSSR count). The first-order valence-electron chi connectivity index (χ1n) is 5.43. The van der Waals surface area contributed by atoms with Crippen LogP contribution in [0.4, 0.5) is 11.4 Å². The third-order valence-corrected chi connectivity index (χ3v) is 2.43. The number of nitrogens with two attached hydrogens (primary N) is 1. The highest BCUT2D eigenvalue weighted by Gasteiger charge is 2.12. The SMILES string of the molecule is COCCC(C)Nc1ccc(N)cc1C(=O)O. The van der Waals surface area contributed by atoms with E-state index in [-0.39, 0.29) is 11.6 Å². The van der Waals surface area contributed by atoms with Crippen molar-refractivity contribution in [3.8, 4) is 0 Å². The number of benzene rings is 1. The molecule has 94 valence electrons. The van der Waals surface area contributed by atoms with Crippen molar-refractivity contribution in [1.82, 2.24) is 0 Å². The first kappa shape index (κ1) is 13.3. The number of anilines is 2. The van der Waals surface area contributed by atoms with Gasteiger partial charge in [0.05, 0.1) is 5.56 Å². The van der Waals surface area contributed by atoms with Crippen LogP contribution >= 0.6 is 0 Å². The molecule has 4 N–H and O–H groups in total. The summed E-state index contributed by atoms with van der Waals surface area (Å²) in [6.45, 7) is 2.60. The molecular weight excluding hydrogens is 220 g/mol. The van der Waals surface area contributed by atoms with Crippen LogP contribution in [0, 0.1) is 0 Å². The molecule has 0 aliphatic rings. The second-order valence-electron chi connectivity index (χ2n) is 3.94. The molecule has 0 aliphatic heterocycles. The van der Waals surface area contributed by atoms with E-state index in [0.717, 1.165) is 6.42 Å². The Balaban J connectivity index is 2.79. The molecule has 1 unspecified atom stereocenters. The number of methoxy groups -OCH3 is 1. The highest BCUT2D eigenvalue weighted by molar-refractivity contribution is 5.95. The number of nitrogens with one attached hydrogen (secondary N) is 1. The number of hydrogen-bond acceptors (Lipinski definition) is 4. The van der Waals surface area contributed by atoms with Gasteiger partial charge in [-0.15, -0.1) is 0 Å². The summed E-state index contributed by atoms with van der Waals surface area (Å²) in [6, 6.07) is 4.95. The van der Waals surface area contributed by atoms with Crippen LogP contribution in [-0.2, 0) is 4.74 Å². The summed E-state index contributed by atoms with van der Waals surface area (Å²) in [5, 5.41) is 12.2. The molecule has 1 aromatic rings. The molecule has 17 heavy (non-hydrogen) atoms. The van der Waals surface area contributed by atoms with Crippen molar-refractivity contribution in [2.24, 2.45) is 0 Å². The Hall–Kier alpha value is -1.75. The Morgan fingerprint density at radius 1 is 1.59 bits per heavy atom. The predicted molar refractivity (Wildman–Crippen MR) is 67.4 cm³/mol. The maximum Gasteiger partial charge on any atom is 0.337 e. The molecule has 0 spiro atoms. The molecule has 0 radical (unpaired) electrons. The average molecular weight is 238 g/mol. The Bertz CT molecular complexity index is 393. The molecule has 5 nitrogen and oxygen atoms in total. The first-order valence-corrected chi connectivity index (χ1v) is 5.43. The zero-order valence-corrected chi connectivity index (χ0v) is 10.1. The van der Waals surface area contributed by atoms with Gasteiger partial charge in [0.15, 0.2) is 0 Å². The number of carbonyl (C=O) groups is 1. The number of rotatable bonds is 6. The van der Waals surface area contributed by atoms with Gasteiger partial charge in [-0.25, -0.2) is 4.79 Å². The number of hydrogen-bond donors (Lipinski definition) is 3. The van der Waals surface area contributed by atoms with Crippen molar-refractivity contribution in [3.63, 3.8) is 0 Å². The summed E-state index contributed by atoms with van der Waals surface area (Å²) in [5.41, 5.74) is 6.78. The number of carboxylic acid groups (broad SMARTS) is 1. The van der Waals surface area contributed by atoms with Crippen molar-refractivity contribution >= 4 is 17.3 Å². The van der Waals surface area contributed by atoms with Crippen LogP contribution in [-0.4, -0.2) is 30.8 Å². The van der Waals surface area contributed by atoms with Crippen molar-refractivity contribution in [3.05, 3.63) is 23.8 Å². The lowest BCUT2D eigenvalue weighted by Crippen LogP contribution is -2.19. The van der Waals surface area contributed by atoms with E-state index in [2.05, 4.69) is 5.32 Å². The second kappa shape index (κ2) is 6.10. The summed E-state index contributed by atoms with van der Waals surface area (Å²) in [6.07, 6.45) is 0.805. The van der Waals surface area contributed by atoms with E-state index < -0.39 is 5.97 Å². The molecule has 0 saturated heterocycles. The quantitative estimate of drug-likeness (QED) is 0.658. The smallest absolute Gasteiger partial charge is 0.337 e. The lowest BCUT2D eigenvalue weighted by atomic mass is 10.1. The summed E-state index contributed by atoms with van der Waals surface area (Å²) in [5.74, 6) is -0.987. The Morgan fingerprint density at radius 3 is 2.88 bits per heavy atom. The lowest BCUT2D eigenvalue weighted by molar-refractivity contribution is 0.0698. The van der Waals surface area contributed by atoms with Crippen molar-refractivity contribution in [2.75, 3.05) is 24.8 Å². The zero-order chi connectivity index (χ0) is 12.8. The molecule has 0 aliphatic carbocycles. The van der Waals surface area contributed by atoms with E-state index >= 15 is 0 Å². The van der Waals surface area contributed by atoms with E-state index in [9.17, 15) is 4.79 Å². The molecule has 0 bridgehead atoms. The summed E-state index contributed by atoms with van der Waals surface area (Å²) < 4.78 is 4.97. The topological polar surface area (TPSA) is 84.6 Å². The normalized spacial score (nSPS) is 12.1. The molecule has 0 fully saturated rings. The van der Waals surface area contributed by atoms with Crippen LogP contribution in [0.15, 0.2) is 18.2 Å². The third kappa shape index (κ3) is 3.96. The monoisotopic (exact) mass is 238 g/mol. The molecule has 0 aromatic heterocycles. The Morgan fingerprint density at radius 2 is 2.29 bits per heavy atom. The maximum absolute atomic E-state index is 11.0. The van der Waals surface area contributed by atoms with Crippen LogP contribution < -0.4 is 11.1 Å². The molecule has 0 saturated carbocycles. The minimum absolute atomic E-state index is 0.136. The summed E-state index contributed by atoms with van der Waals surface area (Å²) in [4.78, 5) is 11.0. The van der Waals surface area contributed by atoms with Crippen molar-refractivity contribution in [1.29, 1.82) is 0 Å². The van der Waals surface area contributed by atoms with Gasteiger partial charge in [-0.05, 0) is 31.5 Å². The fourth-order valence-electron chi connectivity index (χ4n) is 1.50. The van der Waals surface area contributed by atoms with Crippen LogP contribution in [0.3, 0.4) is 0 Å². The standard InChI is InChI=1S/C12H18N2O3/c1-8(5-6-17-2)14-11-4-3-9(13)7-10(11)12(15)16/h3-4,7-8,14H,5-6,13H2,1-2H3,(H,15,16). The number of carboxylic acids is 1. The van der Waals surface area contributed by atoms with Crippen LogP contribution in [0.1, 0.15) is 23.7 Å². The van der Waals surface area contributed by atoms with Gasteiger partial charge in [-0.3, -0.25) is 0 Å². The van der Waals surface area contributed by atoms with Gasteiger partial charge in [0.2, 0.25) is 0 Å². The van der Waals surface area contributed by atoms with E-state index in [1.165, 1.54) is 6.07 Å². The highest BCUT2D eigenvalue weighted by Crippen LogP contribution is 2.20. The van der Waals surface area contributed by atoms with Crippen LogP contribution in [0.25, 0.3) is 0 Å². The van der Waals surface area contributed by atoms with Gasteiger partial charge in [-0.1, -0.05) is 0 Å². The van der Waals surface area contributed by atoms with Crippen molar-refractivity contribution in [2.45, 2.75) is 19.4 Å². The zero-order valence-electron chi connectivity index (χ0n) is 10.1. The minimum Gasteiger partial charge on any atom is -0.478 e. The summed E-state index contributed by atoms with van der Waals surface area (Å²) in [7, 11) is 1.64. The first-order chi connectivity index (χ1) is 8.04. The molecule has 5 heteroatoms. The van der Waals surface area contributed by atoms with E-state index in [4.69, 9.17) is 15.6 Å². The van der Waals surface area contributed by atoms with Gasteiger partial charge in [0, 0.05) is 31.1 Å². The highest BCUT2D eigenvalue weighted by atomic mass is 16.5. The van der Waals surface area contributed by atoms with E-state index in [0.29, 0.717) is 18.0 Å². The molecular formula is C12H18N2O3. The average Bonchev–Trinajstić information content (AvgIpc) is 2.28. The van der Waals surface area contributed by atoms with Gasteiger partial charge in [-0.2, -0.15) is 0 Å². The number of aromatic carboxylic acids is 1. The lowest BCUT2D eigenvalue weighted by Gasteiger charge is -2.16. The predicted octanol–water partition coefficient (Wildman–Crippen LogP) is 1.80. The number of ether oxygens (including phenoxy) is 1. The molecule has 0 heterocycles.